The average molecular weight is 508 g/mol. The van der Waals surface area contributed by atoms with Crippen LogP contribution in [0, 0.1) is 19.8 Å². The number of nitrogens with zero attached hydrogens (tertiary/aromatic N) is 5. The number of anilines is 1. The fraction of sp³-hybridized carbons (Fsp3) is 0.400. The van der Waals surface area contributed by atoms with Crippen LogP contribution in [0.2, 0.25) is 0 Å². The molecule has 0 bridgehead atoms. The van der Waals surface area contributed by atoms with E-state index in [4.69, 9.17) is 14.2 Å². The van der Waals surface area contributed by atoms with E-state index in [-0.39, 0.29) is 6.04 Å². The number of aryl methyl sites for hydroxylation is 2. The second-order valence-electron chi connectivity index (χ2n) is 9.39. The lowest BCUT2D eigenvalue weighted by molar-refractivity contribution is 0.257. The SMILES string of the molecule is Cc1noc(C)c1-c1ccc2nc(N3CCC(CNS(=O)[O-])CC3)n3c2c1OC[C@@H]3c1ccccn1. The van der Waals surface area contributed by atoms with Crippen LogP contribution in [0.5, 0.6) is 5.75 Å². The first kappa shape index (κ1) is 23.1. The Balaban J connectivity index is 1.45. The molecule has 0 radical (unpaired) electrons. The number of pyridine rings is 1. The summed E-state index contributed by atoms with van der Waals surface area (Å²) in [6, 6.07) is 9.87. The molecule has 1 fully saturated rings. The predicted molar refractivity (Wildman–Crippen MR) is 134 cm³/mol. The summed E-state index contributed by atoms with van der Waals surface area (Å²) >= 11 is -2.23. The Labute approximate surface area is 211 Å². The summed E-state index contributed by atoms with van der Waals surface area (Å²) in [5.74, 6) is 2.73. The van der Waals surface area contributed by atoms with E-state index in [9.17, 15) is 8.76 Å². The van der Waals surface area contributed by atoms with Crippen LogP contribution in [0.25, 0.3) is 22.2 Å². The van der Waals surface area contributed by atoms with Crippen LogP contribution < -0.4 is 14.4 Å². The molecule has 2 aliphatic heterocycles. The van der Waals surface area contributed by atoms with Gasteiger partial charge >= 0.3 is 0 Å². The van der Waals surface area contributed by atoms with Gasteiger partial charge in [0, 0.05) is 42.7 Å². The van der Waals surface area contributed by atoms with Crippen LogP contribution in [0.15, 0.2) is 41.1 Å². The van der Waals surface area contributed by atoms with Gasteiger partial charge in [-0.1, -0.05) is 11.2 Å². The third-order valence-corrected chi connectivity index (χ3v) is 7.61. The number of piperidine rings is 1. The van der Waals surface area contributed by atoms with E-state index in [1.54, 1.807) is 6.20 Å². The molecule has 1 unspecified atom stereocenters. The first-order chi connectivity index (χ1) is 17.5. The van der Waals surface area contributed by atoms with Gasteiger partial charge in [-0.2, -0.15) is 0 Å². The van der Waals surface area contributed by atoms with Gasteiger partial charge in [0.05, 0.1) is 22.5 Å². The van der Waals surface area contributed by atoms with Gasteiger partial charge in [-0.15, -0.1) is 0 Å². The van der Waals surface area contributed by atoms with Crippen LogP contribution in [0.1, 0.15) is 36.0 Å². The minimum atomic E-state index is -2.23. The fourth-order valence-electron chi connectivity index (χ4n) is 5.42. The van der Waals surface area contributed by atoms with Gasteiger partial charge in [0.2, 0.25) is 5.95 Å². The molecule has 1 aromatic carbocycles. The van der Waals surface area contributed by atoms with E-state index in [0.717, 1.165) is 76.9 Å². The smallest absolute Gasteiger partial charge is 0.207 e. The zero-order valence-corrected chi connectivity index (χ0v) is 21.0. The van der Waals surface area contributed by atoms with Gasteiger partial charge in [0.25, 0.3) is 0 Å². The van der Waals surface area contributed by atoms with Crippen molar-refractivity contribution in [3.05, 3.63) is 53.7 Å². The van der Waals surface area contributed by atoms with Crippen molar-refractivity contribution in [2.75, 3.05) is 31.1 Å². The van der Waals surface area contributed by atoms with Crippen molar-refractivity contribution in [2.24, 2.45) is 5.92 Å². The number of imidazole rings is 1. The Hall–Kier alpha value is -3.28. The molecule has 0 saturated carbocycles. The van der Waals surface area contributed by atoms with Crippen molar-refractivity contribution in [3.63, 3.8) is 0 Å². The topological polar surface area (TPSA) is 121 Å². The molecule has 188 valence electrons. The molecule has 3 aromatic heterocycles. The Morgan fingerprint density at radius 2 is 2.03 bits per heavy atom. The highest BCUT2D eigenvalue weighted by Gasteiger charge is 2.34. The summed E-state index contributed by atoms with van der Waals surface area (Å²) < 4.78 is 38.5. The van der Waals surface area contributed by atoms with Crippen molar-refractivity contribution >= 4 is 28.2 Å². The second kappa shape index (κ2) is 9.30. The van der Waals surface area contributed by atoms with Gasteiger partial charge in [0.15, 0.2) is 5.75 Å². The standard InChI is InChI=1S/C25H28N6O4S/c1-15-22(16(2)35-29-15)18-6-7-20-23-24(18)34-14-21(19-5-3-4-10-26-19)31(23)25(28-20)30-11-8-17(9-12-30)13-27-36(32)33/h3-7,10,17,21,27H,8-9,11-14H2,1-2H3,(H,32,33)/p-1/t21-/m1/s1. The Morgan fingerprint density at radius 3 is 2.72 bits per heavy atom. The van der Waals surface area contributed by atoms with Gasteiger partial charge in [0.1, 0.15) is 23.9 Å². The molecule has 1 saturated heterocycles. The van der Waals surface area contributed by atoms with Gasteiger partial charge in [-0.3, -0.25) is 13.8 Å². The largest absolute Gasteiger partial charge is 0.760 e. The molecule has 0 aliphatic carbocycles. The highest BCUT2D eigenvalue weighted by atomic mass is 32.2. The molecular formula is C25H27N6O4S-. The first-order valence-electron chi connectivity index (χ1n) is 12.1. The average Bonchev–Trinajstić information content (AvgIpc) is 3.45. The molecule has 10 nitrogen and oxygen atoms in total. The molecule has 0 amide bonds. The van der Waals surface area contributed by atoms with Gasteiger partial charge in [-0.05, 0) is 56.9 Å². The minimum Gasteiger partial charge on any atom is -0.760 e. The highest BCUT2D eigenvalue weighted by Crippen LogP contribution is 2.46. The zero-order chi connectivity index (χ0) is 24.8. The Kier molecular flexibility index (Phi) is 5.98. The van der Waals surface area contributed by atoms with E-state index < -0.39 is 11.3 Å². The zero-order valence-electron chi connectivity index (χ0n) is 20.1. The first-order valence-corrected chi connectivity index (χ1v) is 13.2. The lowest BCUT2D eigenvalue weighted by Crippen LogP contribution is -2.39. The van der Waals surface area contributed by atoms with Crippen molar-refractivity contribution in [1.29, 1.82) is 0 Å². The highest BCUT2D eigenvalue weighted by molar-refractivity contribution is 7.77. The number of rotatable bonds is 6. The van der Waals surface area contributed by atoms with Crippen LogP contribution in [-0.4, -0.2) is 54.7 Å². The summed E-state index contributed by atoms with van der Waals surface area (Å²) in [4.78, 5) is 12.0. The lowest BCUT2D eigenvalue weighted by Gasteiger charge is -2.35. The number of hydrogen-bond acceptors (Lipinski definition) is 8. The second-order valence-corrected chi connectivity index (χ2v) is 10.1. The third kappa shape index (κ3) is 3.97. The molecule has 4 aromatic rings. The molecule has 2 aliphatic rings. The molecule has 36 heavy (non-hydrogen) atoms. The van der Waals surface area contributed by atoms with Crippen molar-refractivity contribution < 1.29 is 18.0 Å². The quantitative estimate of drug-likeness (QED) is 0.395. The summed E-state index contributed by atoms with van der Waals surface area (Å²) in [5, 5.41) is 4.15. The molecule has 11 heteroatoms. The van der Waals surface area contributed by atoms with Crippen LogP contribution in [-0.2, 0) is 11.3 Å². The third-order valence-electron chi connectivity index (χ3n) is 7.20. The molecule has 5 heterocycles. The van der Waals surface area contributed by atoms with E-state index >= 15 is 0 Å². The van der Waals surface area contributed by atoms with E-state index in [0.29, 0.717) is 19.1 Å². The van der Waals surface area contributed by atoms with Gasteiger partial charge in [-0.25, -0.2) is 9.71 Å². The van der Waals surface area contributed by atoms with Gasteiger partial charge < -0.3 is 18.7 Å². The molecule has 0 spiro atoms. The summed E-state index contributed by atoms with van der Waals surface area (Å²) in [5.41, 5.74) is 5.43. The number of ether oxygens (including phenoxy) is 1. The monoisotopic (exact) mass is 507 g/mol. The van der Waals surface area contributed by atoms with Crippen LogP contribution in [0.3, 0.4) is 0 Å². The van der Waals surface area contributed by atoms with E-state index in [1.165, 1.54) is 0 Å². The number of aromatic nitrogens is 4. The maximum atomic E-state index is 10.9. The maximum Gasteiger partial charge on any atom is 0.207 e. The summed E-state index contributed by atoms with van der Waals surface area (Å²) in [7, 11) is 0. The van der Waals surface area contributed by atoms with Crippen LogP contribution >= 0.6 is 0 Å². The Morgan fingerprint density at radius 1 is 1.19 bits per heavy atom. The molecule has 2 atom stereocenters. The number of hydrogen-bond donors (Lipinski definition) is 1. The fourth-order valence-corrected chi connectivity index (χ4v) is 5.80. The Bertz CT molecular complexity index is 1410. The van der Waals surface area contributed by atoms with Crippen molar-refractivity contribution in [2.45, 2.75) is 32.7 Å². The lowest BCUT2D eigenvalue weighted by atomic mass is 9.97. The summed E-state index contributed by atoms with van der Waals surface area (Å²) in [6.45, 7) is 6.34. The van der Waals surface area contributed by atoms with Crippen molar-refractivity contribution in [1.82, 2.24) is 24.4 Å². The minimum absolute atomic E-state index is 0.124. The molecular weight excluding hydrogens is 480 g/mol. The predicted octanol–water partition coefficient (Wildman–Crippen LogP) is 3.29. The normalized spacial score (nSPS) is 19.0. The number of benzene rings is 1. The van der Waals surface area contributed by atoms with E-state index in [1.807, 2.05) is 44.2 Å². The summed E-state index contributed by atoms with van der Waals surface area (Å²) in [6.07, 6.45) is 3.57. The molecule has 1 N–H and O–H groups in total. The molecule has 6 rings (SSSR count). The maximum absolute atomic E-state index is 10.9. The van der Waals surface area contributed by atoms with E-state index in [2.05, 4.69) is 24.3 Å². The van der Waals surface area contributed by atoms with Crippen LogP contribution in [0.4, 0.5) is 5.95 Å². The number of nitrogens with one attached hydrogen (secondary N) is 1. The van der Waals surface area contributed by atoms with Crippen molar-refractivity contribution in [3.8, 4) is 16.9 Å².